The van der Waals surface area contributed by atoms with Gasteiger partial charge in [0.05, 0.1) is 5.56 Å². The van der Waals surface area contributed by atoms with Crippen molar-refractivity contribution in [2.24, 2.45) is 0 Å². The normalized spacial score (nSPS) is 9.30. The molecule has 0 saturated heterocycles. The van der Waals surface area contributed by atoms with Crippen molar-refractivity contribution in [1.29, 1.82) is 0 Å². The van der Waals surface area contributed by atoms with E-state index in [9.17, 15) is 14.0 Å². The number of hydrogen-bond acceptors (Lipinski definition) is 3. The van der Waals surface area contributed by atoms with Crippen molar-refractivity contribution in [3.8, 4) is 0 Å². The Kier molecular flexibility index (Phi) is 5.68. The van der Waals surface area contributed by atoms with Gasteiger partial charge in [-0.05, 0) is 48.0 Å². The van der Waals surface area contributed by atoms with Gasteiger partial charge in [0, 0.05) is 11.3 Å². The smallest absolute Gasteiger partial charge is 0.337 e. The fourth-order valence-electron chi connectivity index (χ4n) is 1.27. The van der Waals surface area contributed by atoms with Crippen LogP contribution in [0.5, 0.6) is 0 Å². The molecule has 0 aromatic heterocycles. The van der Waals surface area contributed by atoms with E-state index in [1.165, 1.54) is 30.3 Å². The molecule has 0 spiro atoms. The van der Waals surface area contributed by atoms with Crippen LogP contribution in [0.25, 0.3) is 0 Å². The van der Waals surface area contributed by atoms with Crippen LogP contribution in [0.3, 0.4) is 0 Å². The number of carbonyl (C=O) groups excluding carboxylic acids is 1. The second kappa shape index (κ2) is 7.25. The summed E-state index contributed by atoms with van der Waals surface area (Å²) in [5.74, 6) is -1.36. The molecule has 0 saturated carbocycles. The van der Waals surface area contributed by atoms with Gasteiger partial charge in [0.15, 0.2) is 0 Å². The third-order valence-corrected chi connectivity index (χ3v) is 2.48. The van der Waals surface area contributed by atoms with E-state index in [1.54, 1.807) is 18.2 Å². The van der Waals surface area contributed by atoms with E-state index in [0.29, 0.717) is 11.3 Å². The predicted octanol–water partition coefficient (Wildman–Crippen LogP) is 3.17. The molecule has 3 N–H and O–H groups in total. The standard InChI is InChI=1S/C7H4ClFO.C7H7NO2/c8-7(10)5-1-3-6(9)4-2-5;8-6-4-2-1-3-5(6)7(9)10/h1-4H;1-4H,8H2,(H,9,10). The maximum atomic E-state index is 12.2. The molecule has 104 valence electrons. The lowest BCUT2D eigenvalue weighted by Gasteiger charge is -1.96. The number of carboxylic acids is 1. The first-order valence-corrected chi connectivity index (χ1v) is 5.83. The van der Waals surface area contributed by atoms with E-state index in [4.69, 9.17) is 22.4 Å². The molecule has 4 nitrogen and oxygen atoms in total. The number of nitrogens with two attached hydrogens (primary N) is 1. The fourth-order valence-corrected chi connectivity index (χ4v) is 1.40. The lowest BCUT2D eigenvalue weighted by atomic mass is 10.2. The van der Waals surface area contributed by atoms with Crippen LogP contribution >= 0.6 is 11.6 Å². The predicted molar refractivity (Wildman–Crippen MR) is 74.4 cm³/mol. The van der Waals surface area contributed by atoms with Gasteiger partial charge in [-0.3, -0.25) is 4.79 Å². The second-order valence-corrected chi connectivity index (χ2v) is 4.02. The highest BCUT2D eigenvalue weighted by molar-refractivity contribution is 6.67. The van der Waals surface area contributed by atoms with Crippen LogP contribution in [0.1, 0.15) is 20.7 Å². The SMILES string of the molecule is Nc1ccccc1C(=O)O.O=C(Cl)c1ccc(F)cc1. The Morgan fingerprint density at radius 2 is 1.60 bits per heavy atom. The van der Waals surface area contributed by atoms with Gasteiger partial charge in [-0.25, -0.2) is 9.18 Å². The molecule has 0 aliphatic heterocycles. The average molecular weight is 296 g/mol. The summed E-state index contributed by atoms with van der Waals surface area (Å²) in [5, 5.41) is 7.92. The molecule has 0 heterocycles. The number of benzene rings is 2. The number of nitrogen functional groups attached to an aromatic ring is 1. The minimum Gasteiger partial charge on any atom is -0.478 e. The summed E-state index contributed by atoms with van der Waals surface area (Å²) in [6.07, 6.45) is 0. The van der Waals surface area contributed by atoms with Crippen LogP contribution < -0.4 is 5.73 Å². The monoisotopic (exact) mass is 295 g/mol. The van der Waals surface area contributed by atoms with Crippen molar-refractivity contribution in [2.75, 3.05) is 5.73 Å². The molecule has 0 bridgehead atoms. The summed E-state index contributed by atoms with van der Waals surface area (Å²) in [7, 11) is 0. The zero-order valence-electron chi connectivity index (χ0n) is 10.2. The second-order valence-electron chi connectivity index (χ2n) is 3.67. The Hall–Kier alpha value is -2.40. The van der Waals surface area contributed by atoms with Gasteiger partial charge in [-0.2, -0.15) is 0 Å². The fraction of sp³-hybridized carbons (Fsp3) is 0. The minimum atomic E-state index is -0.988. The van der Waals surface area contributed by atoms with E-state index in [2.05, 4.69) is 0 Å². The molecule has 0 radical (unpaired) electrons. The molecular weight excluding hydrogens is 285 g/mol. The highest BCUT2D eigenvalue weighted by Crippen LogP contribution is 2.09. The lowest BCUT2D eigenvalue weighted by molar-refractivity contribution is 0.0698. The molecule has 0 aliphatic carbocycles. The molecule has 2 aromatic carbocycles. The summed E-state index contributed by atoms with van der Waals surface area (Å²) >= 11 is 5.09. The van der Waals surface area contributed by atoms with Gasteiger partial charge in [0.2, 0.25) is 0 Å². The first-order chi connectivity index (χ1) is 9.41. The van der Waals surface area contributed by atoms with E-state index in [1.807, 2.05) is 0 Å². The Morgan fingerprint density at radius 1 is 1.05 bits per heavy atom. The number of anilines is 1. The Labute approximate surface area is 119 Å². The topological polar surface area (TPSA) is 80.4 Å². The number of aromatic carboxylic acids is 1. The highest BCUT2D eigenvalue weighted by atomic mass is 35.5. The van der Waals surface area contributed by atoms with E-state index in [-0.39, 0.29) is 11.4 Å². The zero-order valence-corrected chi connectivity index (χ0v) is 11.0. The lowest BCUT2D eigenvalue weighted by Crippen LogP contribution is -2.00. The number of hydrogen-bond donors (Lipinski definition) is 2. The number of carbonyl (C=O) groups is 2. The summed E-state index contributed by atoms with van der Waals surface area (Å²) < 4.78 is 12.2. The van der Waals surface area contributed by atoms with Crippen molar-refractivity contribution in [3.63, 3.8) is 0 Å². The Balaban J connectivity index is 0.000000200. The Morgan fingerprint density at radius 3 is 2.00 bits per heavy atom. The molecule has 2 rings (SSSR count). The molecule has 0 unspecified atom stereocenters. The third kappa shape index (κ3) is 4.70. The van der Waals surface area contributed by atoms with Gasteiger partial charge in [0.25, 0.3) is 5.24 Å². The van der Waals surface area contributed by atoms with E-state index >= 15 is 0 Å². The van der Waals surface area contributed by atoms with Crippen molar-refractivity contribution in [3.05, 3.63) is 65.5 Å². The minimum absolute atomic E-state index is 0.155. The van der Waals surface area contributed by atoms with Crippen LogP contribution in [0.4, 0.5) is 10.1 Å². The summed E-state index contributed by atoms with van der Waals surface area (Å²) in [4.78, 5) is 20.7. The molecule has 0 fully saturated rings. The maximum Gasteiger partial charge on any atom is 0.337 e. The molecular formula is C14H11ClFNO3. The first-order valence-electron chi connectivity index (χ1n) is 5.45. The largest absolute Gasteiger partial charge is 0.478 e. The average Bonchev–Trinajstić information content (AvgIpc) is 2.40. The van der Waals surface area contributed by atoms with E-state index in [0.717, 1.165) is 0 Å². The quantitative estimate of drug-likeness (QED) is 0.658. The number of halogens is 2. The third-order valence-electron chi connectivity index (χ3n) is 2.26. The van der Waals surface area contributed by atoms with E-state index < -0.39 is 11.2 Å². The maximum absolute atomic E-state index is 12.2. The summed E-state index contributed by atoms with van der Waals surface area (Å²) in [5.41, 5.74) is 6.11. The van der Waals surface area contributed by atoms with Crippen molar-refractivity contribution >= 4 is 28.5 Å². The molecule has 0 aliphatic rings. The summed E-state index contributed by atoms with van der Waals surface area (Å²) in [6.45, 7) is 0. The summed E-state index contributed by atoms with van der Waals surface area (Å²) in [6, 6.07) is 11.4. The van der Waals surface area contributed by atoms with Gasteiger partial charge < -0.3 is 10.8 Å². The molecule has 2 aromatic rings. The van der Waals surface area contributed by atoms with Crippen molar-refractivity contribution in [1.82, 2.24) is 0 Å². The molecule has 0 amide bonds. The van der Waals surface area contributed by atoms with Gasteiger partial charge in [-0.1, -0.05) is 12.1 Å². The number of para-hydroxylation sites is 1. The van der Waals surface area contributed by atoms with Gasteiger partial charge >= 0.3 is 5.97 Å². The number of rotatable bonds is 2. The van der Waals surface area contributed by atoms with Crippen LogP contribution in [-0.4, -0.2) is 16.3 Å². The van der Waals surface area contributed by atoms with Crippen molar-refractivity contribution in [2.45, 2.75) is 0 Å². The Bertz CT molecular complexity index is 614. The van der Waals surface area contributed by atoms with Crippen molar-refractivity contribution < 1.29 is 19.1 Å². The van der Waals surface area contributed by atoms with Crippen LogP contribution in [-0.2, 0) is 0 Å². The highest BCUT2D eigenvalue weighted by Gasteiger charge is 2.03. The van der Waals surface area contributed by atoms with Crippen LogP contribution in [0.2, 0.25) is 0 Å². The van der Waals surface area contributed by atoms with Gasteiger partial charge in [-0.15, -0.1) is 0 Å². The molecule has 6 heteroatoms. The zero-order chi connectivity index (χ0) is 15.1. The number of carboxylic acid groups (broad SMARTS) is 1. The van der Waals surface area contributed by atoms with Crippen LogP contribution in [0, 0.1) is 5.82 Å². The first kappa shape index (κ1) is 15.7. The molecule has 20 heavy (non-hydrogen) atoms. The molecule has 0 atom stereocenters. The van der Waals surface area contributed by atoms with Gasteiger partial charge in [0.1, 0.15) is 5.82 Å². The van der Waals surface area contributed by atoms with Crippen LogP contribution in [0.15, 0.2) is 48.5 Å².